The normalized spacial score (nSPS) is 21.3. The number of hydrogen-bond donors (Lipinski definition) is 0. The first-order valence-corrected chi connectivity index (χ1v) is 8.04. The Labute approximate surface area is 125 Å². The van der Waals surface area contributed by atoms with Crippen LogP contribution in [0, 0.1) is 5.92 Å². The Morgan fingerprint density at radius 1 is 1.40 bits per heavy atom. The Morgan fingerprint density at radius 3 is 2.65 bits per heavy atom. The van der Waals surface area contributed by atoms with E-state index in [0.29, 0.717) is 12.0 Å². The van der Waals surface area contributed by atoms with Gasteiger partial charge in [-0.3, -0.25) is 0 Å². The van der Waals surface area contributed by atoms with Gasteiger partial charge in [-0.05, 0) is 48.8 Å². The smallest absolute Gasteiger partial charge is 0.0515 e. The Hall–Kier alpha value is -1.24. The molecule has 0 N–H and O–H groups in total. The molecule has 1 heterocycles. The molecule has 20 heavy (non-hydrogen) atoms. The Morgan fingerprint density at radius 2 is 2.10 bits per heavy atom. The molecule has 1 rings (SSSR count). The van der Waals surface area contributed by atoms with Gasteiger partial charge in [0.1, 0.15) is 0 Å². The molecule has 0 radical (unpaired) electrons. The van der Waals surface area contributed by atoms with Crippen LogP contribution in [0.1, 0.15) is 53.9 Å². The molecular weight excluding hydrogens is 242 g/mol. The van der Waals surface area contributed by atoms with Gasteiger partial charge in [0.05, 0.1) is 6.04 Å². The Kier molecular flexibility index (Phi) is 6.84. The summed E-state index contributed by atoms with van der Waals surface area (Å²) >= 11 is 0. The molecule has 0 bridgehead atoms. The molecule has 0 amide bonds. The molecular formula is C19H31N. The largest absolute Gasteiger partial charge is 0.370 e. The van der Waals surface area contributed by atoms with E-state index in [-0.39, 0.29) is 0 Å². The first-order valence-electron chi connectivity index (χ1n) is 8.04. The van der Waals surface area contributed by atoms with Crippen molar-refractivity contribution in [3.63, 3.8) is 0 Å². The van der Waals surface area contributed by atoms with Crippen LogP contribution in [0.3, 0.4) is 0 Å². The van der Waals surface area contributed by atoms with Crippen LogP contribution in [0.2, 0.25) is 0 Å². The fourth-order valence-electron chi connectivity index (χ4n) is 2.71. The maximum atomic E-state index is 4.32. The lowest BCUT2D eigenvalue weighted by molar-refractivity contribution is 0.345. The predicted molar refractivity (Wildman–Crippen MR) is 90.7 cm³/mol. The van der Waals surface area contributed by atoms with E-state index in [9.17, 15) is 0 Å². The molecule has 112 valence electrons. The Bertz CT molecular complexity index is 409. The average molecular weight is 273 g/mol. The molecule has 1 aliphatic rings. The van der Waals surface area contributed by atoms with Crippen molar-refractivity contribution in [2.24, 2.45) is 5.92 Å². The highest BCUT2D eigenvalue weighted by molar-refractivity contribution is 5.52. The van der Waals surface area contributed by atoms with E-state index in [1.54, 1.807) is 0 Å². The van der Waals surface area contributed by atoms with E-state index in [4.69, 9.17) is 0 Å². The number of nitrogens with zero attached hydrogens (tertiary/aromatic N) is 1. The second kappa shape index (κ2) is 8.14. The zero-order chi connectivity index (χ0) is 15.1. The first-order chi connectivity index (χ1) is 9.51. The summed E-state index contributed by atoms with van der Waals surface area (Å²) in [7, 11) is 0. The molecule has 0 aromatic rings. The van der Waals surface area contributed by atoms with E-state index in [0.717, 1.165) is 19.4 Å². The van der Waals surface area contributed by atoms with Crippen molar-refractivity contribution in [2.75, 3.05) is 6.54 Å². The lowest BCUT2D eigenvalue weighted by Crippen LogP contribution is -2.25. The molecule has 0 saturated heterocycles. The monoisotopic (exact) mass is 273 g/mol. The van der Waals surface area contributed by atoms with Crippen molar-refractivity contribution in [3.05, 3.63) is 47.7 Å². The van der Waals surface area contributed by atoms with E-state index >= 15 is 0 Å². The van der Waals surface area contributed by atoms with Crippen LogP contribution in [0.4, 0.5) is 0 Å². The van der Waals surface area contributed by atoms with Gasteiger partial charge in [-0.2, -0.15) is 0 Å². The maximum Gasteiger partial charge on any atom is 0.0515 e. The first kappa shape index (κ1) is 16.8. The zero-order valence-electron chi connectivity index (χ0n) is 13.9. The minimum Gasteiger partial charge on any atom is -0.370 e. The van der Waals surface area contributed by atoms with Crippen LogP contribution in [-0.2, 0) is 0 Å². The van der Waals surface area contributed by atoms with Crippen molar-refractivity contribution >= 4 is 0 Å². The SMILES string of the molecule is C=C(CC(C)C)C1=CN(CCC)C(C)/C1=C\C=C/CC. The summed E-state index contributed by atoms with van der Waals surface area (Å²) in [5, 5.41) is 0. The van der Waals surface area contributed by atoms with Crippen LogP contribution in [0.25, 0.3) is 0 Å². The number of hydrogen-bond acceptors (Lipinski definition) is 1. The summed E-state index contributed by atoms with van der Waals surface area (Å²) in [5.41, 5.74) is 4.07. The molecule has 0 saturated carbocycles. The molecule has 0 aromatic carbocycles. The summed E-state index contributed by atoms with van der Waals surface area (Å²) < 4.78 is 0. The van der Waals surface area contributed by atoms with Crippen LogP contribution in [-0.4, -0.2) is 17.5 Å². The van der Waals surface area contributed by atoms with Gasteiger partial charge >= 0.3 is 0 Å². The van der Waals surface area contributed by atoms with Crippen molar-refractivity contribution in [1.29, 1.82) is 0 Å². The summed E-state index contributed by atoms with van der Waals surface area (Å²) in [6.45, 7) is 16.7. The lowest BCUT2D eigenvalue weighted by Gasteiger charge is -2.22. The van der Waals surface area contributed by atoms with Crippen molar-refractivity contribution < 1.29 is 0 Å². The van der Waals surface area contributed by atoms with Crippen LogP contribution < -0.4 is 0 Å². The third kappa shape index (κ3) is 4.40. The van der Waals surface area contributed by atoms with Crippen molar-refractivity contribution in [1.82, 2.24) is 4.90 Å². The van der Waals surface area contributed by atoms with E-state index in [1.165, 1.54) is 23.1 Å². The highest BCUT2D eigenvalue weighted by Crippen LogP contribution is 2.34. The van der Waals surface area contributed by atoms with Crippen molar-refractivity contribution in [2.45, 2.75) is 59.9 Å². The molecule has 1 heteroatoms. The van der Waals surface area contributed by atoms with Gasteiger partial charge in [0, 0.05) is 12.7 Å². The van der Waals surface area contributed by atoms with Gasteiger partial charge in [0.2, 0.25) is 0 Å². The predicted octanol–water partition coefficient (Wildman–Crippen LogP) is 5.48. The van der Waals surface area contributed by atoms with Crippen LogP contribution in [0.15, 0.2) is 47.7 Å². The van der Waals surface area contributed by atoms with E-state index in [1.807, 2.05) is 0 Å². The van der Waals surface area contributed by atoms with Gasteiger partial charge in [0.15, 0.2) is 0 Å². The number of rotatable bonds is 7. The van der Waals surface area contributed by atoms with E-state index in [2.05, 4.69) is 70.5 Å². The standard InChI is InChI=1S/C19H31N/c1-7-9-10-11-18-17(6)20(12-8-2)14-19(18)16(5)13-15(3)4/h9-11,14-15,17H,5,7-8,12-13H2,1-4,6H3/b10-9-,18-11+. The summed E-state index contributed by atoms with van der Waals surface area (Å²) in [6, 6.07) is 0.468. The quantitative estimate of drug-likeness (QED) is 0.593. The second-order valence-electron chi connectivity index (χ2n) is 6.12. The summed E-state index contributed by atoms with van der Waals surface area (Å²) in [6.07, 6.45) is 12.4. The summed E-state index contributed by atoms with van der Waals surface area (Å²) in [5.74, 6) is 0.659. The molecule has 0 fully saturated rings. The minimum atomic E-state index is 0.468. The van der Waals surface area contributed by atoms with Crippen LogP contribution in [0.5, 0.6) is 0 Å². The second-order valence-corrected chi connectivity index (χ2v) is 6.12. The van der Waals surface area contributed by atoms with Crippen molar-refractivity contribution in [3.8, 4) is 0 Å². The summed E-state index contributed by atoms with van der Waals surface area (Å²) in [4.78, 5) is 2.45. The maximum absolute atomic E-state index is 4.32. The average Bonchev–Trinajstić information content (AvgIpc) is 2.68. The molecule has 1 unspecified atom stereocenters. The topological polar surface area (TPSA) is 3.24 Å². The molecule has 1 aliphatic heterocycles. The molecule has 1 atom stereocenters. The molecule has 0 spiro atoms. The molecule has 0 aliphatic carbocycles. The fourth-order valence-corrected chi connectivity index (χ4v) is 2.71. The third-order valence-electron chi connectivity index (χ3n) is 3.72. The van der Waals surface area contributed by atoms with Gasteiger partial charge < -0.3 is 4.90 Å². The van der Waals surface area contributed by atoms with Crippen LogP contribution >= 0.6 is 0 Å². The number of allylic oxidation sites excluding steroid dienone is 4. The van der Waals surface area contributed by atoms with Gasteiger partial charge in [-0.25, -0.2) is 0 Å². The molecule has 0 aromatic heterocycles. The third-order valence-corrected chi connectivity index (χ3v) is 3.72. The fraction of sp³-hybridized carbons (Fsp3) is 0.579. The van der Waals surface area contributed by atoms with Gasteiger partial charge in [-0.1, -0.05) is 52.5 Å². The van der Waals surface area contributed by atoms with Gasteiger partial charge in [-0.15, -0.1) is 0 Å². The Balaban J connectivity index is 2.99. The highest BCUT2D eigenvalue weighted by Gasteiger charge is 2.26. The zero-order valence-corrected chi connectivity index (χ0v) is 13.9. The van der Waals surface area contributed by atoms with E-state index < -0.39 is 0 Å². The lowest BCUT2D eigenvalue weighted by atomic mass is 9.92. The highest BCUT2D eigenvalue weighted by atomic mass is 15.2. The molecule has 1 nitrogen and oxygen atoms in total. The minimum absolute atomic E-state index is 0.468. The van der Waals surface area contributed by atoms with Gasteiger partial charge in [0.25, 0.3) is 0 Å².